The first-order valence-electron chi connectivity index (χ1n) is 17.3. The van der Waals surface area contributed by atoms with Crippen LogP contribution in [-0.4, -0.2) is 120 Å². The molecule has 49 heavy (non-hydrogen) atoms. The Morgan fingerprint density at radius 2 is 1.76 bits per heavy atom. The van der Waals surface area contributed by atoms with Crippen molar-refractivity contribution in [3.05, 3.63) is 48.4 Å². The molecule has 3 heterocycles. The fraction of sp³-hybridized carbons (Fsp3) is 0.583. The molecule has 2 aliphatic rings. The second kappa shape index (κ2) is 16.9. The van der Waals surface area contributed by atoms with Crippen LogP contribution >= 0.6 is 0 Å². The van der Waals surface area contributed by atoms with E-state index in [4.69, 9.17) is 4.74 Å². The van der Waals surface area contributed by atoms with Gasteiger partial charge in [0, 0.05) is 42.9 Å². The van der Waals surface area contributed by atoms with Crippen LogP contribution in [0.25, 0.3) is 10.9 Å². The smallest absolute Gasteiger partial charge is 0.243 e. The average Bonchev–Trinajstić information content (AvgIpc) is 3.46. The molecule has 0 radical (unpaired) electrons. The third-order valence-corrected chi connectivity index (χ3v) is 9.81. The lowest BCUT2D eigenvalue weighted by atomic mass is 9.88. The van der Waals surface area contributed by atoms with Crippen molar-refractivity contribution in [1.29, 1.82) is 0 Å². The number of rotatable bonds is 10. The number of para-hydroxylation sites is 1. The van der Waals surface area contributed by atoms with Gasteiger partial charge in [-0.05, 0) is 43.2 Å². The molecule has 0 unspecified atom stereocenters. The molecule has 2 aliphatic heterocycles. The Bertz CT molecular complexity index is 1510. The van der Waals surface area contributed by atoms with E-state index in [2.05, 4.69) is 34.6 Å². The molecule has 4 amide bonds. The maximum atomic E-state index is 14.3. The van der Waals surface area contributed by atoms with Gasteiger partial charge < -0.3 is 40.2 Å². The maximum absolute atomic E-state index is 14.3. The number of morpholine rings is 1. The van der Waals surface area contributed by atoms with Gasteiger partial charge in [-0.3, -0.25) is 24.0 Å². The number of benzene rings is 1. The van der Waals surface area contributed by atoms with E-state index in [0.717, 1.165) is 47.0 Å². The molecule has 0 saturated carbocycles. The molecule has 2 fully saturated rings. The highest BCUT2D eigenvalue weighted by atomic mass is 16.5. The lowest BCUT2D eigenvalue weighted by Crippen LogP contribution is -2.57. The third-order valence-electron chi connectivity index (χ3n) is 9.81. The minimum Gasteiger partial charge on any atom is -0.513 e. The molecule has 13 nitrogen and oxygen atoms in total. The molecule has 2 saturated heterocycles. The fourth-order valence-electron chi connectivity index (χ4n) is 6.94. The number of hydrogen-bond acceptors (Lipinski definition) is 7. The van der Waals surface area contributed by atoms with Crippen molar-refractivity contribution in [2.24, 2.45) is 11.8 Å². The van der Waals surface area contributed by atoms with Crippen LogP contribution in [0.2, 0.25) is 0 Å². The molecule has 2 aromatic rings. The summed E-state index contributed by atoms with van der Waals surface area (Å²) >= 11 is 0. The number of nitrogens with one attached hydrogen (secondary N) is 4. The number of H-pyrrole nitrogens is 1. The van der Waals surface area contributed by atoms with Crippen LogP contribution in [0.15, 0.2) is 42.8 Å². The first-order valence-corrected chi connectivity index (χ1v) is 17.3. The van der Waals surface area contributed by atoms with E-state index in [1.54, 1.807) is 7.05 Å². The Labute approximate surface area is 288 Å². The van der Waals surface area contributed by atoms with E-state index in [0.29, 0.717) is 26.1 Å². The zero-order valence-electron chi connectivity index (χ0n) is 29.3. The largest absolute Gasteiger partial charge is 0.513 e. The fourth-order valence-corrected chi connectivity index (χ4v) is 6.94. The highest BCUT2D eigenvalue weighted by Gasteiger charge is 2.38. The number of aromatic nitrogens is 1. The van der Waals surface area contributed by atoms with E-state index >= 15 is 0 Å². The quantitative estimate of drug-likeness (QED) is 0.145. The number of carbonyl (C=O) groups excluding carboxylic acids is 5. The average molecular weight is 682 g/mol. The summed E-state index contributed by atoms with van der Waals surface area (Å²) in [5.41, 5.74) is 1.71. The lowest BCUT2D eigenvalue weighted by molar-refractivity contribution is -0.917. The van der Waals surface area contributed by atoms with Crippen LogP contribution < -0.4 is 16.0 Å². The molecule has 268 valence electrons. The molecular formula is C36H53N6O7+. The number of aromatic amines is 1. The summed E-state index contributed by atoms with van der Waals surface area (Å²) in [6, 6.07) is 4.59. The summed E-state index contributed by atoms with van der Waals surface area (Å²) in [6.45, 7) is 10.9. The molecule has 0 bridgehead atoms. The molecule has 13 heteroatoms. The Hall–Kier alpha value is -4.23. The van der Waals surface area contributed by atoms with Gasteiger partial charge in [-0.2, -0.15) is 0 Å². The standard InChI is InChI=1S/C36H52N6O7/c1-23(2)33-35(47)40-29(12-8-9-13-42(5)14-16-49-17-15-42)34(46)38-22-32(45)39-30(18-24(3)43)31(44)20-25(36(48)41(33)4)19-26-21-37-28-11-7-6-10-27(26)28/h6-7,10-11,21,23,25,29-30,33,37H,3,8-9,12-20,22H2,1-2,4-5H3,(H3-,38,39,40,43,45,46,47)/p+1/t25-,29-,30-,33-/m0/s1. The minimum absolute atomic E-state index is 0.193. The van der Waals surface area contributed by atoms with Crippen molar-refractivity contribution >= 4 is 40.3 Å². The number of ketones is 1. The van der Waals surface area contributed by atoms with Crippen LogP contribution in [-0.2, 0) is 35.1 Å². The summed E-state index contributed by atoms with van der Waals surface area (Å²) < 4.78 is 6.39. The van der Waals surface area contributed by atoms with Gasteiger partial charge in [0.15, 0.2) is 5.78 Å². The van der Waals surface area contributed by atoms with Crippen molar-refractivity contribution in [1.82, 2.24) is 25.8 Å². The first kappa shape index (κ1) is 37.6. The normalized spacial score (nSPS) is 24.6. The molecule has 5 N–H and O–H groups in total. The van der Waals surface area contributed by atoms with Gasteiger partial charge in [-0.25, -0.2) is 0 Å². The van der Waals surface area contributed by atoms with Crippen LogP contribution in [0.1, 0.15) is 51.5 Å². The number of quaternary nitrogens is 1. The summed E-state index contributed by atoms with van der Waals surface area (Å²) in [7, 11) is 3.74. The first-order chi connectivity index (χ1) is 23.3. The Balaban J connectivity index is 1.62. The highest BCUT2D eigenvalue weighted by molar-refractivity contribution is 5.97. The molecule has 4 atom stereocenters. The van der Waals surface area contributed by atoms with Gasteiger partial charge >= 0.3 is 0 Å². The van der Waals surface area contributed by atoms with Crippen molar-refractivity contribution in [2.75, 3.05) is 53.5 Å². The summed E-state index contributed by atoms with van der Waals surface area (Å²) in [4.78, 5) is 73.1. The molecule has 1 aromatic heterocycles. The predicted octanol–water partition coefficient (Wildman–Crippen LogP) is 1.98. The zero-order valence-corrected chi connectivity index (χ0v) is 29.3. The van der Waals surface area contributed by atoms with E-state index in [1.807, 2.05) is 44.3 Å². The second-order valence-corrected chi connectivity index (χ2v) is 14.1. The maximum Gasteiger partial charge on any atom is 0.243 e. The monoisotopic (exact) mass is 681 g/mol. The van der Waals surface area contributed by atoms with Crippen molar-refractivity contribution in [3.63, 3.8) is 0 Å². The number of hydrogen-bond donors (Lipinski definition) is 5. The summed E-state index contributed by atoms with van der Waals surface area (Å²) in [5.74, 6) is -4.07. The van der Waals surface area contributed by atoms with Crippen LogP contribution in [0.5, 0.6) is 0 Å². The summed E-state index contributed by atoms with van der Waals surface area (Å²) in [5, 5.41) is 19.0. The number of fused-ring (bicyclic) bond motifs is 1. The minimum atomic E-state index is -1.17. The van der Waals surface area contributed by atoms with Gasteiger partial charge in [0.05, 0.1) is 45.2 Å². The van der Waals surface area contributed by atoms with Crippen molar-refractivity contribution in [2.45, 2.75) is 70.5 Å². The Morgan fingerprint density at radius 1 is 1.04 bits per heavy atom. The SMILES string of the molecule is C=C(O)C[C@@H]1NC(=O)CNC(=O)[C@H](CCCC[N+]2(C)CCOCC2)NC(=O)[C@H](C(C)C)N(C)C(=O)[C@@H](Cc2c[nH]c3ccccc23)CC1=O. The number of unbranched alkanes of at least 4 members (excludes halogenated alkanes) is 1. The Kier molecular flexibility index (Phi) is 13.0. The highest BCUT2D eigenvalue weighted by Crippen LogP contribution is 2.26. The number of likely N-dealkylation sites (N-methyl/N-ethyl adjacent to an activating group) is 2. The second-order valence-electron chi connectivity index (χ2n) is 14.1. The van der Waals surface area contributed by atoms with Crippen molar-refractivity contribution in [3.8, 4) is 0 Å². The molecule has 0 aliphatic carbocycles. The third kappa shape index (κ3) is 10.1. The number of ether oxygens (including phenoxy) is 1. The van der Waals surface area contributed by atoms with Gasteiger partial charge in [0.1, 0.15) is 25.2 Å². The van der Waals surface area contributed by atoms with Crippen LogP contribution in [0.4, 0.5) is 0 Å². The van der Waals surface area contributed by atoms with E-state index in [-0.39, 0.29) is 30.9 Å². The molecule has 4 rings (SSSR count). The predicted molar refractivity (Wildman–Crippen MR) is 185 cm³/mol. The van der Waals surface area contributed by atoms with Crippen LogP contribution in [0, 0.1) is 11.8 Å². The topological polar surface area (TPSA) is 170 Å². The van der Waals surface area contributed by atoms with E-state index in [9.17, 15) is 29.1 Å². The number of carbonyl (C=O) groups is 5. The molecule has 0 spiro atoms. The number of aliphatic hydroxyl groups is 1. The number of aliphatic hydroxyl groups excluding tert-OH is 1. The zero-order chi connectivity index (χ0) is 35.7. The molecular weight excluding hydrogens is 628 g/mol. The van der Waals surface area contributed by atoms with Crippen molar-refractivity contribution < 1.29 is 38.3 Å². The number of amides is 4. The summed E-state index contributed by atoms with van der Waals surface area (Å²) in [6.07, 6.45) is 3.32. The van der Waals surface area contributed by atoms with Gasteiger partial charge in [0.25, 0.3) is 0 Å². The van der Waals surface area contributed by atoms with Gasteiger partial charge in [-0.15, -0.1) is 0 Å². The van der Waals surface area contributed by atoms with Gasteiger partial charge in [0.2, 0.25) is 23.6 Å². The molecule has 1 aromatic carbocycles. The van der Waals surface area contributed by atoms with E-state index < -0.39 is 60.0 Å². The van der Waals surface area contributed by atoms with Gasteiger partial charge in [-0.1, -0.05) is 38.6 Å². The Morgan fingerprint density at radius 3 is 2.45 bits per heavy atom. The number of nitrogens with zero attached hydrogens (tertiary/aromatic N) is 2. The van der Waals surface area contributed by atoms with Crippen LogP contribution in [0.3, 0.4) is 0 Å². The lowest BCUT2D eigenvalue weighted by Gasteiger charge is -2.37. The number of Topliss-reactive ketones (excluding diaryl/α,β-unsaturated/α-hetero) is 1. The van der Waals surface area contributed by atoms with E-state index in [1.165, 1.54) is 4.90 Å².